The maximum Gasteiger partial charge on any atom is 0.174 e. The molecule has 0 spiro atoms. The van der Waals surface area contributed by atoms with Crippen LogP contribution in [-0.2, 0) is 6.61 Å². The third kappa shape index (κ3) is 2.94. The fourth-order valence-electron chi connectivity index (χ4n) is 1.37. The normalized spacial score (nSPS) is 10.2. The molecule has 2 rings (SSSR count). The van der Waals surface area contributed by atoms with E-state index < -0.39 is 0 Å². The molecule has 0 aliphatic carbocycles. The van der Waals surface area contributed by atoms with Crippen LogP contribution in [-0.4, -0.2) is 10.9 Å². The standard InChI is InChI=1S/C12H10BrNO3/c1-8(15)11-3-2-9(13)6-12(11)16-7-10-4-5-14-17-10/h2-6H,7H2,1H3. The van der Waals surface area contributed by atoms with E-state index in [1.54, 1.807) is 30.5 Å². The molecule has 0 aliphatic heterocycles. The molecule has 1 aromatic carbocycles. The Morgan fingerprint density at radius 3 is 2.94 bits per heavy atom. The first-order chi connectivity index (χ1) is 8.16. The van der Waals surface area contributed by atoms with Crippen LogP contribution >= 0.6 is 15.9 Å². The van der Waals surface area contributed by atoms with E-state index in [0.29, 0.717) is 17.1 Å². The summed E-state index contributed by atoms with van der Waals surface area (Å²) in [5.41, 5.74) is 0.549. The number of nitrogens with zero attached hydrogens (tertiary/aromatic N) is 1. The van der Waals surface area contributed by atoms with Crippen LogP contribution in [0, 0.1) is 0 Å². The van der Waals surface area contributed by atoms with Gasteiger partial charge in [-0.25, -0.2) is 0 Å². The molecular formula is C12H10BrNO3. The topological polar surface area (TPSA) is 52.3 Å². The molecule has 0 fully saturated rings. The monoisotopic (exact) mass is 295 g/mol. The summed E-state index contributed by atoms with van der Waals surface area (Å²) in [6.45, 7) is 1.75. The number of aromatic nitrogens is 1. The Balaban J connectivity index is 2.19. The quantitative estimate of drug-likeness (QED) is 0.813. The van der Waals surface area contributed by atoms with Gasteiger partial charge in [0.25, 0.3) is 0 Å². The average Bonchev–Trinajstić information content (AvgIpc) is 2.78. The van der Waals surface area contributed by atoms with Crippen LogP contribution in [0.3, 0.4) is 0 Å². The highest BCUT2D eigenvalue weighted by Gasteiger charge is 2.10. The van der Waals surface area contributed by atoms with E-state index in [2.05, 4.69) is 21.1 Å². The second kappa shape index (κ2) is 5.14. The first kappa shape index (κ1) is 11.9. The summed E-state index contributed by atoms with van der Waals surface area (Å²) >= 11 is 3.34. The SMILES string of the molecule is CC(=O)c1ccc(Br)cc1OCc1ccno1. The Morgan fingerprint density at radius 1 is 1.47 bits per heavy atom. The van der Waals surface area contributed by atoms with Crippen molar-refractivity contribution in [2.75, 3.05) is 0 Å². The number of carbonyl (C=O) groups excluding carboxylic acids is 1. The second-order valence-electron chi connectivity index (χ2n) is 3.46. The van der Waals surface area contributed by atoms with Crippen molar-refractivity contribution < 1.29 is 14.1 Å². The van der Waals surface area contributed by atoms with Gasteiger partial charge in [-0.3, -0.25) is 4.79 Å². The molecule has 1 aromatic heterocycles. The molecule has 0 unspecified atom stereocenters. The van der Waals surface area contributed by atoms with Gasteiger partial charge in [0.15, 0.2) is 11.5 Å². The van der Waals surface area contributed by atoms with Crippen molar-refractivity contribution in [2.45, 2.75) is 13.5 Å². The molecular weight excluding hydrogens is 286 g/mol. The fraction of sp³-hybridized carbons (Fsp3) is 0.167. The van der Waals surface area contributed by atoms with Gasteiger partial charge in [0.1, 0.15) is 12.4 Å². The minimum atomic E-state index is -0.0370. The van der Waals surface area contributed by atoms with Crippen LogP contribution in [0.4, 0.5) is 0 Å². The average molecular weight is 296 g/mol. The number of hydrogen-bond donors (Lipinski definition) is 0. The molecule has 17 heavy (non-hydrogen) atoms. The summed E-state index contributed by atoms with van der Waals surface area (Å²) in [6, 6.07) is 7.00. The molecule has 0 bridgehead atoms. The van der Waals surface area contributed by atoms with Gasteiger partial charge < -0.3 is 9.26 Å². The van der Waals surface area contributed by atoms with Gasteiger partial charge in [0, 0.05) is 10.5 Å². The molecule has 0 radical (unpaired) electrons. The third-order valence-corrected chi connectivity index (χ3v) is 2.68. The van der Waals surface area contributed by atoms with Gasteiger partial charge in [0.2, 0.25) is 0 Å². The molecule has 2 aromatic rings. The van der Waals surface area contributed by atoms with Gasteiger partial charge >= 0.3 is 0 Å². The van der Waals surface area contributed by atoms with E-state index in [0.717, 1.165) is 4.47 Å². The Bertz CT molecular complexity index is 523. The summed E-state index contributed by atoms with van der Waals surface area (Å²) < 4.78 is 11.3. The van der Waals surface area contributed by atoms with Crippen LogP contribution in [0.1, 0.15) is 23.0 Å². The number of ether oxygens (including phenoxy) is 1. The number of benzene rings is 1. The van der Waals surface area contributed by atoms with Crippen molar-refractivity contribution in [2.24, 2.45) is 0 Å². The molecule has 0 amide bonds. The molecule has 0 atom stereocenters. The Labute approximate surface area is 107 Å². The fourth-order valence-corrected chi connectivity index (χ4v) is 1.71. The number of carbonyl (C=O) groups is 1. The molecule has 4 nitrogen and oxygen atoms in total. The number of Topliss-reactive ketones (excluding diaryl/α,β-unsaturated/α-hetero) is 1. The minimum absolute atomic E-state index is 0.0370. The van der Waals surface area contributed by atoms with Crippen LogP contribution < -0.4 is 4.74 Å². The highest BCUT2D eigenvalue weighted by molar-refractivity contribution is 9.10. The van der Waals surface area contributed by atoms with Crippen molar-refractivity contribution >= 4 is 21.7 Å². The first-order valence-corrected chi connectivity index (χ1v) is 5.79. The Kier molecular flexibility index (Phi) is 3.58. The summed E-state index contributed by atoms with van der Waals surface area (Å²) in [5, 5.41) is 3.58. The lowest BCUT2D eigenvalue weighted by Crippen LogP contribution is -2.01. The molecule has 1 heterocycles. The van der Waals surface area contributed by atoms with Crippen LogP contribution in [0.5, 0.6) is 5.75 Å². The van der Waals surface area contributed by atoms with Crippen molar-refractivity contribution in [1.82, 2.24) is 5.16 Å². The molecule has 0 aliphatic rings. The van der Waals surface area contributed by atoms with Crippen molar-refractivity contribution in [3.8, 4) is 5.75 Å². The molecule has 0 saturated heterocycles. The van der Waals surface area contributed by atoms with E-state index in [1.165, 1.54) is 6.92 Å². The van der Waals surface area contributed by atoms with Crippen LogP contribution in [0.15, 0.2) is 39.5 Å². The zero-order valence-corrected chi connectivity index (χ0v) is 10.7. The number of ketones is 1. The Morgan fingerprint density at radius 2 is 2.29 bits per heavy atom. The summed E-state index contributed by atoms with van der Waals surface area (Å²) in [6.07, 6.45) is 1.55. The van der Waals surface area contributed by atoms with E-state index in [9.17, 15) is 4.79 Å². The third-order valence-electron chi connectivity index (χ3n) is 2.18. The minimum Gasteiger partial charge on any atom is -0.485 e. The number of rotatable bonds is 4. The van der Waals surface area contributed by atoms with Crippen molar-refractivity contribution in [3.63, 3.8) is 0 Å². The zero-order valence-electron chi connectivity index (χ0n) is 9.14. The highest BCUT2D eigenvalue weighted by Crippen LogP contribution is 2.25. The smallest absolute Gasteiger partial charge is 0.174 e. The molecule has 0 N–H and O–H groups in total. The predicted molar refractivity (Wildman–Crippen MR) is 65.0 cm³/mol. The summed E-state index contributed by atoms with van der Waals surface area (Å²) in [4.78, 5) is 11.4. The zero-order chi connectivity index (χ0) is 12.3. The van der Waals surface area contributed by atoms with Gasteiger partial charge in [-0.1, -0.05) is 21.1 Å². The van der Waals surface area contributed by atoms with Crippen LogP contribution in [0.25, 0.3) is 0 Å². The summed E-state index contributed by atoms with van der Waals surface area (Å²) in [7, 11) is 0. The summed E-state index contributed by atoms with van der Waals surface area (Å²) in [5.74, 6) is 1.10. The lowest BCUT2D eigenvalue weighted by atomic mass is 10.1. The van der Waals surface area contributed by atoms with Gasteiger partial charge in [-0.2, -0.15) is 0 Å². The molecule has 0 saturated carbocycles. The van der Waals surface area contributed by atoms with Gasteiger partial charge in [-0.15, -0.1) is 0 Å². The highest BCUT2D eigenvalue weighted by atomic mass is 79.9. The predicted octanol–water partition coefficient (Wildman–Crippen LogP) is 3.22. The number of halogens is 1. The second-order valence-corrected chi connectivity index (χ2v) is 4.38. The largest absolute Gasteiger partial charge is 0.485 e. The van der Waals surface area contributed by atoms with Gasteiger partial charge in [0.05, 0.1) is 11.8 Å². The number of hydrogen-bond acceptors (Lipinski definition) is 4. The molecule has 5 heteroatoms. The van der Waals surface area contributed by atoms with Crippen molar-refractivity contribution in [1.29, 1.82) is 0 Å². The molecule has 88 valence electrons. The maximum atomic E-state index is 11.4. The Hall–Kier alpha value is -1.62. The maximum absolute atomic E-state index is 11.4. The lowest BCUT2D eigenvalue weighted by Gasteiger charge is -2.08. The van der Waals surface area contributed by atoms with E-state index in [4.69, 9.17) is 9.26 Å². The van der Waals surface area contributed by atoms with E-state index >= 15 is 0 Å². The van der Waals surface area contributed by atoms with Gasteiger partial charge in [-0.05, 0) is 25.1 Å². The van der Waals surface area contributed by atoms with E-state index in [-0.39, 0.29) is 12.4 Å². The lowest BCUT2D eigenvalue weighted by molar-refractivity contribution is 0.101. The first-order valence-electron chi connectivity index (χ1n) is 4.99. The van der Waals surface area contributed by atoms with Crippen molar-refractivity contribution in [3.05, 3.63) is 46.3 Å². The van der Waals surface area contributed by atoms with Crippen LogP contribution in [0.2, 0.25) is 0 Å². The van der Waals surface area contributed by atoms with E-state index in [1.807, 2.05) is 0 Å².